The van der Waals surface area contributed by atoms with E-state index in [0.717, 1.165) is 38.3 Å². The van der Waals surface area contributed by atoms with Crippen LogP contribution in [0.3, 0.4) is 0 Å². The van der Waals surface area contributed by atoms with E-state index < -0.39 is 0 Å². The number of hydrogen-bond donors (Lipinski definition) is 1. The number of rotatable bonds is 3. The van der Waals surface area contributed by atoms with Crippen LogP contribution in [0.4, 0.5) is 0 Å². The van der Waals surface area contributed by atoms with Crippen LogP contribution in [0, 0.1) is 16.7 Å². The summed E-state index contributed by atoms with van der Waals surface area (Å²) in [6.07, 6.45) is 3.07. The lowest BCUT2D eigenvalue weighted by Gasteiger charge is -2.41. The van der Waals surface area contributed by atoms with Crippen LogP contribution in [0.2, 0.25) is 0 Å². The molecule has 0 aromatic rings. The van der Waals surface area contributed by atoms with Crippen LogP contribution in [0.5, 0.6) is 0 Å². The molecule has 0 aromatic carbocycles. The van der Waals surface area contributed by atoms with Gasteiger partial charge < -0.3 is 10.6 Å². The largest absolute Gasteiger partial charge is 0.342 e. The van der Waals surface area contributed by atoms with Crippen molar-refractivity contribution in [1.29, 1.82) is 0 Å². The highest BCUT2D eigenvalue weighted by Gasteiger charge is 2.37. The molecule has 1 unspecified atom stereocenters. The molecule has 3 nitrogen and oxygen atoms in total. The van der Waals surface area contributed by atoms with Gasteiger partial charge in [0.1, 0.15) is 0 Å². The Bertz CT molecular complexity index is 281. The van der Waals surface area contributed by atoms with Crippen LogP contribution in [-0.2, 0) is 4.79 Å². The van der Waals surface area contributed by atoms with Crippen molar-refractivity contribution in [3.05, 3.63) is 0 Å². The number of likely N-dealkylation sites (tertiary alicyclic amines) is 1. The highest BCUT2D eigenvalue weighted by Crippen LogP contribution is 2.35. The van der Waals surface area contributed by atoms with E-state index >= 15 is 0 Å². The Morgan fingerprint density at radius 2 is 1.72 bits per heavy atom. The second kappa shape index (κ2) is 5.60. The third kappa shape index (κ3) is 3.25. The molecule has 0 radical (unpaired) electrons. The van der Waals surface area contributed by atoms with E-state index in [4.69, 9.17) is 5.73 Å². The number of piperidine rings is 1. The summed E-state index contributed by atoms with van der Waals surface area (Å²) in [6.45, 7) is 13.2. The zero-order valence-electron chi connectivity index (χ0n) is 12.8. The van der Waals surface area contributed by atoms with Crippen molar-refractivity contribution in [2.45, 2.75) is 53.9 Å². The fraction of sp³-hybridized carbons (Fsp3) is 0.933. The van der Waals surface area contributed by atoms with Gasteiger partial charge in [0, 0.05) is 19.6 Å². The third-order valence-corrected chi connectivity index (χ3v) is 4.75. The van der Waals surface area contributed by atoms with Gasteiger partial charge in [-0.05, 0) is 37.5 Å². The molecule has 2 N–H and O–H groups in total. The first-order valence-electron chi connectivity index (χ1n) is 7.24. The van der Waals surface area contributed by atoms with Crippen LogP contribution < -0.4 is 5.73 Å². The molecule has 1 atom stereocenters. The topological polar surface area (TPSA) is 46.3 Å². The molecule has 0 aliphatic carbocycles. The second-order valence-corrected chi connectivity index (χ2v) is 7.05. The summed E-state index contributed by atoms with van der Waals surface area (Å²) >= 11 is 0. The average molecular weight is 254 g/mol. The smallest absolute Gasteiger partial charge is 0.229 e. The highest BCUT2D eigenvalue weighted by molar-refractivity contribution is 5.82. The maximum Gasteiger partial charge on any atom is 0.229 e. The van der Waals surface area contributed by atoms with Crippen LogP contribution in [0.25, 0.3) is 0 Å². The molecule has 1 amide bonds. The lowest BCUT2D eigenvalue weighted by Crippen LogP contribution is -2.49. The number of carbonyl (C=O) groups excluding carboxylic acids is 1. The molecular weight excluding hydrogens is 224 g/mol. The third-order valence-electron chi connectivity index (χ3n) is 4.75. The summed E-state index contributed by atoms with van der Waals surface area (Å²) in [6, 6.07) is 0. The number of carbonyl (C=O) groups is 1. The van der Waals surface area contributed by atoms with E-state index in [0.29, 0.717) is 12.0 Å². The van der Waals surface area contributed by atoms with Gasteiger partial charge in [-0.3, -0.25) is 4.79 Å². The second-order valence-electron chi connectivity index (χ2n) is 7.05. The fourth-order valence-electron chi connectivity index (χ4n) is 2.71. The maximum absolute atomic E-state index is 12.5. The first-order valence-corrected chi connectivity index (χ1v) is 7.24. The monoisotopic (exact) mass is 254 g/mol. The van der Waals surface area contributed by atoms with Gasteiger partial charge in [-0.25, -0.2) is 0 Å². The van der Waals surface area contributed by atoms with E-state index in [1.165, 1.54) is 0 Å². The standard InChI is InChI=1S/C15H30N2O/c1-6-15(5,11-16)13(18)17-9-7-12(8-10-17)14(2,3)4/h12H,6-11,16H2,1-5H3. The van der Waals surface area contributed by atoms with E-state index in [-0.39, 0.29) is 11.3 Å². The van der Waals surface area contributed by atoms with Crippen LogP contribution in [0.1, 0.15) is 53.9 Å². The minimum atomic E-state index is -0.366. The molecule has 1 aliphatic rings. The van der Waals surface area contributed by atoms with Crippen molar-refractivity contribution in [2.24, 2.45) is 22.5 Å². The molecule has 1 aliphatic heterocycles. The predicted molar refractivity (Wildman–Crippen MR) is 76.2 cm³/mol. The summed E-state index contributed by atoms with van der Waals surface area (Å²) in [7, 11) is 0. The number of nitrogens with zero attached hydrogens (tertiary/aromatic N) is 1. The van der Waals surface area contributed by atoms with E-state index in [1.54, 1.807) is 0 Å². The molecule has 106 valence electrons. The van der Waals surface area contributed by atoms with E-state index in [2.05, 4.69) is 20.8 Å². The molecule has 1 saturated heterocycles. The Labute approximate surface area is 112 Å². The van der Waals surface area contributed by atoms with Crippen LogP contribution in [0.15, 0.2) is 0 Å². The molecule has 0 aromatic heterocycles. The molecule has 1 fully saturated rings. The number of nitrogens with two attached hydrogens (primary N) is 1. The van der Waals surface area contributed by atoms with E-state index in [1.807, 2.05) is 18.7 Å². The predicted octanol–water partition coefficient (Wildman–Crippen LogP) is 2.65. The van der Waals surface area contributed by atoms with Gasteiger partial charge in [0.15, 0.2) is 0 Å². The SMILES string of the molecule is CCC(C)(CN)C(=O)N1CCC(C(C)(C)C)CC1. The normalized spacial score (nSPS) is 21.8. The lowest BCUT2D eigenvalue weighted by molar-refractivity contribution is -0.143. The van der Waals surface area contributed by atoms with Gasteiger partial charge >= 0.3 is 0 Å². The van der Waals surface area contributed by atoms with Crippen molar-refractivity contribution in [3.63, 3.8) is 0 Å². The number of amides is 1. The molecule has 0 spiro atoms. The van der Waals surface area contributed by atoms with Gasteiger partial charge in [-0.2, -0.15) is 0 Å². The summed E-state index contributed by atoms with van der Waals surface area (Å²) < 4.78 is 0. The Morgan fingerprint density at radius 3 is 2.06 bits per heavy atom. The summed E-state index contributed by atoms with van der Waals surface area (Å²) in [4.78, 5) is 14.5. The van der Waals surface area contributed by atoms with Gasteiger partial charge in [0.25, 0.3) is 0 Å². The van der Waals surface area contributed by atoms with Crippen LogP contribution in [-0.4, -0.2) is 30.4 Å². The summed E-state index contributed by atoms with van der Waals surface area (Å²) in [5, 5.41) is 0. The minimum Gasteiger partial charge on any atom is -0.342 e. The molecule has 1 rings (SSSR count). The minimum absolute atomic E-state index is 0.250. The van der Waals surface area contributed by atoms with E-state index in [9.17, 15) is 4.79 Å². The molecule has 0 bridgehead atoms. The van der Waals surface area contributed by atoms with Gasteiger partial charge in [-0.15, -0.1) is 0 Å². The Kier molecular flexibility index (Phi) is 4.82. The van der Waals surface area contributed by atoms with Gasteiger partial charge in [0.2, 0.25) is 5.91 Å². The molecule has 0 saturated carbocycles. The Balaban J connectivity index is 2.61. The van der Waals surface area contributed by atoms with Crippen molar-refractivity contribution >= 4 is 5.91 Å². The average Bonchev–Trinajstić information content (AvgIpc) is 2.36. The van der Waals surface area contributed by atoms with Crippen LogP contribution >= 0.6 is 0 Å². The maximum atomic E-state index is 12.5. The van der Waals surface area contributed by atoms with Crippen molar-refractivity contribution in [2.75, 3.05) is 19.6 Å². The quantitative estimate of drug-likeness (QED) is 0.841. The molecular formula is C15H30N2O. The zero-order chi connectivity index (χ0) is 14.0. The molecule has 3 heteroatoms. The fourth-order valence-corrected chi connectivity index (χ4v) is 2.71. The Morgan fingerprint density at radius 1 is 1.22 bits per heavy atom. The van der Waals surface area contributed by atoms with Crippen molar-refractivity contribution in [1.82, 2.24) is 4.90 Å². The molecule has 18 heavy (non-hydrogen) atoms. The van der Waals surface area contributed by atoms with Gasteiger partial charge in [0.05, 0.1) is 5.41 Å². The van der Waals surface area contributed by atoms with Gasteiger partial charge in [-0.1, -0.05) is 27.7 Å². The number of hydrogen-bond acceptors (Lipinski definition) is 2. The van der Waals surface area contributed by atoms with Crippen molar-refractivity contribution < 1.29 is 4.79 Å². The summed E-state index contributed by atoms with van der Waals surface area (Å²) in [5.41, 5.74) is 5.77. The lowest BCUT2D eigenvalue weighted by atomic mass is 9.75. The van der Waals surface area contributed by atoms with Crippen molar-refractivity contribution in [3.8, 4) is 0 Å². The summed E-state index contributed by atoms with van der Waals surface area (Å²) in [5.74, 6) is 0.979. The zero-order valence-corrected chi connectivity index (χ0v) is 12.8. The first-order chi connectivity index (χ1) is 8.24. The highest BCUT2D eigenvalue weighted by atomic mass is 16.2. The Hall–Kier alpha value is -0.570. The first kappa shape index (κ1) is 15.5. The molecule has 1 heterocycles.